The fourth-order valence-electron chi connectivity index (χ4n) is 5.37. The van der Waals surface area contributed by atoms with E-state index in [9.17, 15) is 14.4 Å². The van der Waals surface area contributed by atoms with Crippen LogP contribution < -0.4 is 0 Å². The Hall–Kier alpha value is -2.51. The van der Waals surface area contributed by atoms with Crippen molar-refractivity contribution in [1.29, 1.82) is 0 Å². The Morgan fingerprint density at radius 2 is 1.94 bits per heavy atom. The van der Waals surface area contributed by atoms with Crippen molar-refractivity contribution in [2.75, 3.05) is 33.2 Å². The molecule has 1 aromatic carbocycles. The number of hydrogen-bond acceptors (Lipinski definition) is 5. The van der Waals surface area contributed by atoms with Crippen molar-refractivity contribution in [2.24, 2.45) is 11.8 Å². The Morgan fingerprint density at radius 1 is 1.18 bits per heavy atom. The van der Waals surface area contributed by atoms with Gasteiger partial charge in [-0.05, 0) is 41.8 Å². The van der Waals surface area contributed by atoms with Crippen LogP contribution in [0.15, 0.2) is 47.8 Å². The van der Waals surface area contributed by atoms with Crippen molar-refractivity contribution in [3.05, 3.63) is 58.3 Å². The quantitative estimate of drug-likeness (QED) is 0.512. The van der Waals surface area contributed by atoms with Gasteiger partial charge in [-0.3, -0.25) is 19.3 Å². The fourth-order valence-corrected chi connectivity index (χ4v) is 6.06. The van der Waals surface area contributed by atoms with Crippen LogP contribution in [0.5, 0.6) is 0 Å². The Balaban J connectivity index is 1.49. The second-order valence-corrected chi connectivity index (χ2v) is 11.3. The summed E-state index contributed by atoms with van der Waals surface area (Å²) in [6.45, 7) is 8.57. The van der Waals surface area contributed by atoms with Gasteiger partial charge in [0.05, 0.1) is 12.0 Å². The Morgan fingerprint density at radius 3 is 2.62 bits per heavy atom. The van der Waals surface area contributed by atoms with Crippen LogP contribution in [0.25, 0.3) is 0 Å². The molecule has 0 aliphatic carbocycles. The summed E-state index contributed by atoms with van der Waals surface area (Å²) < 4.78 is 0. The van der Waals surface area contributed by atoms with E-state index in [1.807, 2.05) is 54.9 Å². The Bertz CT molecular complexity index is 1010. The number of carbonyl (C=O) groups is 3. The summed E-state index contributed by atoms with van der Waals surface area (Å²) in [6.07, 6.45) is 1.13. The maximum Gasteiger partial charge on any atom is 0.241 e. The number of likely N-dealkylation sites (tertiary alicyclic amines) is 2. The molecule has 2 aromatic rings. The third kappa shape index (κ3) is 5.26. The molecule has 0 N–H and O–H groups in total. The molecule has 0 saturated carbocycles. The normalized spacial score (nSPS) is 23.3. The predicted octanol–water partition coefficient (Wildman–Crippen LogP) is 3.77. The smallest absolute Gasteiger partial charge is 0.241 e. The molecule has 0 radical (unpaired) electrons. The zero-order chi connectivity index (χ0) is 24.3. The number of benzene rings is 1. The van der Waals surface area contributed by atoms with Crippen molar-refractivity contribution >= 4 is 29.1 Å². The third-order valence-corrected chi connectivity index (χ3v) is 7.89. The highest BCUT2D eigenvalue weighted by atomic mass is 32.1. The van der Waals surface area contributed by atoms with E-state index in [0.29, 0.717) is 18.4 Å². The van der Waals surface area contributed by atoms with E-state index >= 15 is 0 Å². The first-order valence-corrected chi connectivity index (χ1v) is 13.1. The number of hydrogen-bond donors (Lipinski definition) is 0. The van der Waals surface area contributed by atoms with Crippen LogP contribution in [-0.2, 0) is 26.3 Å². The van der Waals surface area contributed by atoms with E-state index in [1.54, 1.807) is 4.90 Å². The highest BCUT2D eigenvalue weighted by molar-refractivity contribution is 7.09. The minimum absolute atomic E-state index is 0.0153. The molecule has 2 saturated heterocycles. The molecule has 1 aromatic heterocycles. The van der Waals surface area contributed by atoms with E-state index in [4.69, 9.17) is 0 Å². The monoisotopic (exact) mass is 481 g/mol. The van der Waals surface area contributed by atoms with Gasteiger partial charge < -0.3 is 9.80 Å². The average Bonchev–Trinajstić information content (AvgIpc) is 3.52. The number of rotatable bonds is 9. The topological polar surface area (TPSA) is 60.9 Å². The van der Waals surface area contributed by atoms with Gasteiger partial charge in [0.1, 0.15) is 0 Å². The van der Waals surface area contributed by atoms with Crippen molar-refractivity contribution in [3.8, 4) is 0 Å². The van der Waals surface area contributed by atoms with Crippen molar-refractivity contribution in [1.82, 2.24) is 14.7 Å². The lowest BCUT2D eigenvalue weighted by molar-refractivity contribution is -0.143. The second-order valence-electron chi connectivity index (χ2n) is 10.2. The van der Waals surface area contributed by atoms with Crippen LogP contribution >= 0.6 is 11.3 Å². The maximum atomic E-state index is 13.7. The van der Waals surface area contributed by atoms with E-state index < -0.39 is 5.41 Å². The summed E-state index contributed by atoms with van der Waals surface area (Å²) in [6, 6.07) is 13.2. The summed E-state index contributed by atoms with van der Waals surface area (Å²) in [5.41, 5.74) is -0.395. The van der Waals surface area contributed by atoms with E-state index in [0.717, 1.165) is 36.5 Å². The maximum absolute atomic E-state index is 13.7. The zero-order valence-corrected chi connectivity index (χ0v) is 21.2. The van der Waals surface area contributed by atoms with Gasteiger partial charge in [0.25, 0.3) is 0 Å². The molecule has 4 rings (SSSR count). The SMILES string of the molecule is CC(C)CN1CC[C@H](CN(C)C(=O)C[C@]2(c3ccccc3)CC(=O)N(Cc3cccs3)C2=O)C1. The fraction of sp³-hybridized carbons (Fsp3) is 0.519. The molecular weight excluding hydrogens is 446 g/mol. The van der Waals surface area contributed by atoms with Crippen LogP contribution in [-0.4, -0.2) is 65.6 Å². The van der Waals surface area contributed by atoms with Gasteiger partial charge in [0.15, 0.2) is 0 Å². The molecule has 2 aliphatic heterocycles. The second kappa shape index (κ2) is 10.4. The van der Waals surface area contributed by atoms with Gasteiger partial charge in [-0.1, -0.05) is 50.2 Å². The minimum Gasteiger partial charge on any atom is -0.345 e. The first-order valence-electron chi connectivity index (χ1n) is 12.2. The van der Waals surface area contributed by atoms with E-state index in [1.165, 1.54) is 16.2 Å². The first kappa shape index (κ1) is 24.6. The molecule has 2 aliphatic rings. The zero-order valence-electron chi connectivity index (χ0n) is 20.4. The molecule has 0 bridgehead atoms. The molecule has 7 heteroatoms. The van der Waals surface area contributed by atoms with Gasteiger partial charge in [-0.2, -0.15) is 0 Å². The first-order chi connectivity index (χ1) is 16.3. The summed E-state index contributed by atoms with van der Waals surface area (Å²) in [5.74, 6) is 0.523. The molecule has 0 unspecified atom stereocenters. The molecule has 182 valence electrons. The summed E-state index contributed by atoms with van der Waals surface area (Å²) >= 11 is 1.52. The lowest BCUT2D eigenvalue weighted by Crippen LogP contribution is -2.43. The van der Waals surface area contributed by atoms with Crippen LogP contribution in [0.4, 0.5) is 0 Å². The standard InChI is InChI=1S/C27H35N3O3S/c1-20(2)16-29-12-11-21(18-29)17-28(3)24(31)14-27(22-8-5-4-6-9-22)15-25(32)30(26(27)33)19-23-10-7-13-34-23/h4-10,13,20-21H,11-12,14-19H2,1-3H3/t21-,27-/m1/s1. The molecule has 2 atom stereocenters. The number of nitrogens with zero attached hydrogens (tertiary/aromatic N) is 3. The largest absolute Gasteiger partial charge is 0.345 e. The number of carbonyl (C=O) groups excluding carboxylic acids is 3. The Kier molecular flexibility index (Phi) is 7.53. The molecule has 34 heavy (non-hydrogen) atoms. The summed E-state index contributed by atoms with van der Waals surface area (Å²) in [5, 5.41) is 1.94. The van der Waals surface area contributed by atoms with Gasteiger partial charge in [-0.15, -0.1) is 11.3 Å². The lowest BCUT2D eigenvalue weighted by Gasteiger charge is -2.30. The average molecular weight is 482 g/mol. The Labute approximate surface area is 206 Å². The molecule has 3 heterocycles. The molecule has 2 fully saturated rings. The number of thiophene rings is 1. The van der Waals surface area contributed by atoms with Crippen molar-refractivity contribution < 1.29 is 14.4 Å². The van der Waals surface area contributed by atoms with Gasteiger partial charge >= 0.3 is 0 Å². The molecule has 0 spiro atoms. The number of amides is 3. The summed E-state index contributed by atoms with van der Waals surface area (Å²) in [4.78, 5) is 46.8. The summed E-state index contributed by atoms with van der Waals surface area (Å²) in [7, 11) is 1.83. The van der Waals surface area contributed by atoms with Gasteiger partial charge in [0, 0.05) is 44.4 Å². The van der Waals surface area contributed by atoms with Crippen LogP contribution in [0.2, 0.25) is 0 Å². The van der Waals surface area contributed by atoms with Crippen molar-refractivity contribution in [3.63, 3.8) is 0 Å². The van der Waals surface area contributed by atoms with Crippen LogP contribution in [0, 0.1) is 11.8 Å². The highest BCUT2D eigenvalue weighted by Gasteiger charge is 2.54. The van der Waals surface area contributed by atoms with Gasteiger partial charge in [-0.25, -0.2) is 0 Å². The number of imide groups is 1. The molecule has 6 nitrogen and oxygen atoms in total. The lowest BCUT2D eigenvalue weighted by atomic mass is 9.75. The van der Waals surface area contributed by atoms with E-state index in [2.05, 4.69) is 18.7 Å². The van der Waals surface area contributed by atoms with Gasteiger partial charge in [0.2, 0.25) is 17.7 Å². The van der Waals surface area contributed by atoms with Crippen LogP contribution in [0.1, 0.15) is 43.6 Å². The molecular formula is C27H35N3O3S. The van der Waals surface area contributed by atoms with E-state index in [-0.39, 0.29) is 37.1 Å². The van der Waals surface area contributed by atoms with Crippen molar-refractivity contribution in [2.45, 2.75) is 45.1 Å². The minimum atomic E-state index is -1.14. The third-order valence-electron chi connectivity index (χ3n) is 7.03. The highest BCUT2D eigenvalue weighted by Crippen LogP contribution is 2.41. The molecule has 3 amide bonds. The predicted molar refractivity (Wildman–Crippen MR) is 134 cm³/mol. The van der Waals surface area contributed by atoms with Crippen LogP contribution in [0.3, 0.4) is 0 Å².